The first-order valence-corrected chi connectivity index (χ1v) is 13.2. The average Bonchev–Trinajstić information content (AvgIpc) is 3.35. The molecule has 1 aromatic heterocycles. The molecule has 0 aliphatic heterocycles. The minimum Gasteiger partial charge on any atom is -0.321 e. The molecule has 0 spiro atoms. The zero-order valence-electron chi connectivity index (χ0n) is 20.0. The second-order valence-corrected chi connectivity index (χ2v) is 9.97. The van der Waals surface area contributed by atoms with Gasteiger partial charge in [-0.1, -0.05) is 78.9 Å². The lowest BCUT2D eigenvalue weighted by atomic mass is 9.97. The number of para-hydroxylation sites is 1. The van der Waals surface area contributed by atoms with Crippen LogP contribution in [0.4, 0.5) is 5.69 Å². The number of anilines is 1. The Balaban J connectivity index is 1.69. The molecule has 188 valence electrons. The van der Waals surface area contributed by atoms with Crippen LogP contribution in [0.2, 0.25) is 0 Å². The van der Waals surface area contributed by atoms with Gasteiger partial charge in [0, 0.05) is 16.8 Å². The van der Waals surface area contributed by atoms with Crippen molar-refractivity contribution in [3.63, 3.8) is 0 Å². The SMILES string of the molecule is NS(=O)(=O)c1ccc(NC(=O)c2nn(-c3ccccc3)c(-c3ccccc3)c2C(=O)c2ccccc2)cc1. The molecule has 1 amide bonds. The lowest BCUT2D eigenvalue weighted by Gasteiger charge is -2.10. The number of carbonyl (C=O) groups is 2. The maximum atomic E-state index is 13.9. The number of nitrogens with zero attached hydrogens (tertiary/aromatic N) is 2. The largest absolute Gasteiger partial charge is 0.321 e. The number of nitrogens with two attached hydrogens (primary N) is 1. The molecule has 1 heterocycles. The van der Waals surface area contributed by atoms with Crippen LogP contribution in [0.15, 0.2) is 120 Å². The van der Waals surface area contributed by atoms with E-state index in [4.69, 9.17) is 5.14 Å². The van der Waals surface area contributed by atoms with E-state index in [1.165, 1.54) is 24.3 Å². The highest BCUT2D eigenvalue weighted by molar-refractivity contribution is 7.89. The van der Waals surface area contributed by atoms with E-state index in [-0.39, 0.29) is 21.9 Å². The van der Waals surface area contributed by atoms with Crippen molar-refractivity contribution in [1.29, 1.82) is 0 Å². The molecule has 5 aromatic rings. The molecule has 0 fully saturated rings. The first kappa shape index (κ1) is 24.8. The molecular weight excluding hydrogens is 500 g/mol. The molecule has 0 aliphatic carbocycles. The lowest BCUT2D eigenvalue weighted by Crippen LogP contribution is -2.17. The summed E-state index contributed by atoms with van der Waals surface area (Å²) in [4.78, 5) is 27.4. The zero-order chi connectivity index (χ0) is 26.7. The molecule has 0 unspecified atom stereocenters. The zero-order valence-corrected chi connectivity index (χ0v) is 20.8. The van der Waals surface area contributed by atoms with Crippen molar-refractivity contribution in [2.75, 3.05) is 5.32 Å². The number of sulfonamides is 1. The third-order valence-electron chi connectivity index (χ3n) is 5.85. The van der Waals surface area contributed by atoms with Gasteiger partial charge in [-0.3, -0.25) is 9.59 Å². The number of carbonyl (C=O) groups excluding carboxylic acids is 2. The number of hydrogen-bond acceptors (Lipinski definition) is 5. The lowest BCUT2D eigenvalue weighted by molar-refractivity contribution is 0.0993. The van der Waals surface area contributed by atoms with Gasteiger partial charge in [0.1, 0.15) is 0 Å². The minimum absolute atomic E-state index is 0.0721. The predicted octanol–water partition coefficient (Wildman–Crippen LogP) is 4.67. The van der Waals surface area contributed by atoms with Crippen LogP contribution in [0, 0.1) is 0 Å². The molecule has 0 aliphatic rings. The quantitative estimate of drug-likeness (QED) is 0.301. The van der Waals surface area contributed by atoms with Gasteiger partial charge in [-0.05, 0) is 36.4 Å². The Morgan fingerprint density at radius 3 is 1.87 bits per heavy atom. The van der Waals surface area contributed by atoms with Crippen LogP contribution in [0.3, 0.4) is 0 Å². The Labute approximate surface area is 219 Å². The van der Waals surface area contributed by atoms with Crippen LogP contribution < -0.4 is 10.5 Å². The van der Waals surface area contributed by atoms with E-state index < -0.39 is 15.9 Å². The van der Waals surface area contributed by atoms with E-state index in [0.29, 0.717) is 28.2 Å². The van der Waals surface area contributed by atoms with Gasteiger partial charge < -0.3 is 5.32 Å². The smallest absolute Gasteiger partial charge is 0.276 e. The van der Waals surface area contributed by atoms with Gasteiger partial charge in [0.2, 0.25) is 10.0 Å². The third kappa shape index (κ3) is 5.01. The van der Waals surface area contributed by atoms with Gasteiger partial charge in [-0.25, -0.2) is 18.2 Å². The summed E-state index contributed by atoms with van der Waals surface area (Å²) in [5.41, 5.74) is 2.65. The summed E-state index contributed by atoms with van der Waals surface area (Å²) in [5.74, 6) is -0.985. The Kier molecular flexibility index (Phi) is 6.69. The number of primary sulfonamides is 1. The van der Waals surface area contributed by atoms with Gasteiger partial charge in [-0.15, -0.1) is 0 Å². The summed E-state index contributed by atoms with van der Waals surface area (Å²) in [5, 5.41) is 12.5. The molecule has 0 radical (unpaired) electrons. The second kappa shape index (κ2) is 10.3. The number of ketones is 1. The monoisotopic (exact) mass is 522 g/mol. The van der Waals surface area contributed by atoms with Gasteiger partial charge in [0.05, 0.1) is 21.8 Å². The number of rotatable bonds is 7. The van der Waals surface area contributed by atoms with Crippen LogP contribution in [-0.4, -0.2) is 29.9 Å². The van der Waals surface area contributed by atoms with Crippen LogP contribution in [0.5, 0.6) is 0 Å². The minimum atomic E-state index is -3.89. The molecule has 38 heavy (non-hydrogen) atoms. The summed E-state index contributed by atoms with van der Waals surface area (Å²) in [6.07, 6.45) is 0. The second-order valence-electron chi connectivity index (χ2n) is 8.40. The number of amides is 1. The van der Waals surface area contributed by atoms with Crippen molar-refractivity contribution in [3.05, 3.63) is 132 Å². The molecule has 0 bridgehead atoms. The van der Waals surface area contributed by atoms with Crippen molar-refractivity contribution in [3.8, 4) is 16.9 Å². The number of nitrogens with one attached hydrogen (secondary N) is 1. The Hall–Kier alpha value is -4.86. The van der Waals surface area contributed by atoms with Crippen LogP contribution in [0.1, 0.15) is 26.4 Å². The fourth-order valence-corrected chi connectivity index (χ4v) is 4.58. The summed E-state index contributed by atoms with van der Waals surface area (Å²) >= 11 is 0. The van der Waals surface area contributed by atoms with E-state index >= 15 is 0 Å². The van der Waals surface area contributed by atoms with E-state index in [9.17, 15) is 18.0 Å². The van der Waals surface area contributed by atoms with Crippen molar-refractivity contribution >= 4 is 27.4 Å². The van der Waals surface area contributed by atoms with Crippen LogP contribution in [-0.2, 0) is 10.0 Å². The summed E-state index contributed by atoms with van der Waals surface area (Å²) in [6, 6.07) is 32.6. The molecular formula is C29H22N4O4S. The Morgan fingerprint density at radius 1 is 0.737 bits per heavy atom. The van der Waals surface area contributed by atoms with E-state index in [2.05, 4.69) is 10.4 Å². The summed E-state index contributed by atoms with van der Waals surface area (Å²) in [7, 11) is -3.89. The number of benzene rings is 4. The van der Waals surface area contributed by atoms with Gasteiger partial charge in [0.15, 0.2) is 11.5 Å². The summed E-state index contributed by atoms with van der Waals surface area (Å²) < 4.78 is 24.8. The highest BCUT2D eigenvalue weighted by Crippen LogP contribution is 2.32. The highest BCUT2D eigenvalue weighted by atomic mass is 32.2. The van der Waals surface area contributed by atoms with E-state index in [1.54, 1.807) is 35.0 Å². The first-order valence-electron chi connectivity index (χ1n) is 11.6. The summed E-state index contributed by atoms with van der Waals surface area (Å²) in [6.45, 7) is 0. The molecule has 8 nitrogen and oxygen atoms in total. The van der Waals surface area contributed by atoms with Crippen LogP contribution in [0.25, 0.3) is 16.9 Å². The number of aromatic nitrogens is 2. The Morgan fingerprint density at radius 2 is 1.29 bits per heavy atom. The topological polar surface area (TPSA) is 124 Å². The molecule has 4 aromatic carbocycles. The average molecular weight is 523 g/mol. The van der Waals surface area contributed by atoms with E-state index in [0.717, 1.165) is 0 Å². The standard InChI is InChI=1S/C29H22N4O4S/c30-38(36,37)24-18-16-22(17-19-24)31-29(35)26-25(28(34)21-12-6-2-7-13-21)27(20-10-4-1-5-11-20)33(32-26)23-14-8-3-9-15-23/h1-19H,(H,31,35)(H2,30,36,37). The first-order chi connectivity index (χ1) is 18.3. The van der Waals surface area contributed by atoms with E-state index in [1.807, 2.05) is 60.7 Å². The molecule has 9 heteroatoms. The van der Waals surface area contributed by atoms with Crippen LogP contribution >= 0.6 is 0 Å². The van der Waals surface area contributed by atoms with Crippen molar-refractivity contribution in [2.24, 2.45) is 5.14 Å². The maximum absolute atomic E-state index is 13.9. The van der Waals surface area contributed by atoms with Crippen molar-refractivity contribution in [2.45, 2.75) is 4.90 Å². The fraction of sp³-hybridized carbons (Fsp3) is 0. The predicted molar refractivity (Wildman–Crippen MR) is 145 cm³/mol. The molecule has 0 saturated heterocycles. The molecule has 5 rings (SSSR count). The fourth-order valence-electron chi connectivity index (χ4n) is 4.06. The maximum Gasteiger partial charge on any atom is 0.276 e. The molecule has 0 atom stereocenters. The normalized spacial score (nSPS) is 11.2. The van der Waals surface area contributed by atoms with Gasteiger partial charge in [0.25, 0.3) is 5.91 Å². The molecule has 0 saturated carbocycles. The van der Waals surface area contributed by atoms with Crippen molar-refractivity contribution < 1.29 is 18.0 Å². The van der Waals surface area contributed by atoms with Gasteiger partial charge in [-0.2, -0.15) is 5.10 Å². The molecule has 3 N–H and O–H groups in total. The third-order valence-corrected chi connectivity index (χ3v) is 6.78. The van der Waals surface area contributed by atoms with Gasteiger partial charge >= 0.3 is 0 Å². The van der Waals surface area contributed by atoms with Crippen molar-refractivity contribution in [1.82, 2.24) is 9.78 Å². The highest BCUT2D eigenvalue weighted by Gasteiger charge is 2.30. The Bertz CT molecular complexity index is 1720. The number of hydrogen-bond donors (Lipinski definition) is 2.